The van der Waals surface area contributed by atoms with E-state index in [0.717, 1.165) is 50.6 Å². The maximum absolute atomic E-state index is 14.5. The van der Waals surface area contributed by atoms with Crippen molar-refractivity contribution in [1.82, 2.24) is 0 Å². The molecule has 0 atom stereocenters. The molecular formula is C20H12F4N2O8. The molecule has 0 saturated carbocycles. The Morgan fingerprint density at radius 3 is 1.24 bits per heavy atom. The SMILES string of the molecule is COc1ccc(Oc2c(F)c(F)c(Oc3ccc(OC)c([N+](=O)[O-])c3)c(F)c2F)cc1[N+](=O)[O-]. The highest BCUT2D eigenvalue weighted by Gasteiger charge is 2.30. The Morgan fingerprint density at radius 1 is 0.647 bits per heavy atom. The van der Waals surface area contributed by atoms with Gasteiger partial charge in [0, 0.05) is 0 Å². The minimum Gasteiger partial charge on any atom is -0.490 e. The Bertz CT molecular complexity index is 1170. The van der Waals surface area contributed by atoms with Crippen LogP contribution in [-0.2, 0) is 0 Å². The molecule has 0 bridgehead atoms. The molecule has 0 amide bonds. The van der Waals surface area contributed by atoms with Crippen LogP contribution in [-0.4, -0.2) is 24.1 Å². The fourth-order valence-corrected chi connectivity index (χ4v) is 2.76. The van der Waals surface area contributed by atoms with E-state index in [-0.39, 0.29) is 11.5 Å². The van der Waals surface area contributed by atoms with Crippen molar-refractivity contribution in [3.05, 3.63) is 79.9 Å². The second-order valence-corrected chi connectivity index (χ2v) is 6.30. The zero-order valence-electron chi connectivity index (χ0n) is 17.1. The summed E-state index contributed by atoms with van der Waals surface area (Å²) < 4.78 is 77.4. The van der Waals surface area contributed by atoms with Crippen LogP contribution >= 0.6 is 0 Å². The molecule has 3 rings (SSSR count). The Kier molecular flexibility index (Phi) is 6.70. The lowest BCUT2D eigenvalue weighted by Gasteiger charge is -2.14. The van der Waals surface area contributed by atoms with Gasteiger partial charge in [0.1, 0.15) is 11.5 Å². The van der Waals surface area contributed by atoms with Crippen molar-refractivity contribution in [3.8, 4) is 34.5 Å². The van der Waals surface area contributed by atoms with Gasteiger partial charge in [-0.15, -0.1) is 0 Å². The summed E-state index contributed by atoms with van der Waals surface area (Å²) in [5.41, 5.74) is -1.27. The van der Waals surface area contributed by atoms with Gasteiger partial charge in [-0.05, 0) is 24.3 Å². The van der Waals surface area contributed by atoms with Gasteiger partial charge in [-0.25, -0.2) is 0 Å². The molecule has 10 nitrogen and oxygen atoms in total. The van der Waals surface area contributed by atoms with Crippen molar-refractivity contribution >= 4 is 11.4 Å². The first kappa shape index (κ1) is 24.0. The third kappa shape index (κ3) is 4.46. The molecule has 0 spiro atoms. The number of hydrogen-bond acceptors (Lipinski definition) is 8. The molecule has 0 N–H and O–H groups in total. The summed E-state index contributed by atoms with van der Waals surface area (Å²) in [6, 6.07) is 5.58. The van der Waals surface area contributed by atoms with Gasteiger partial charge in [0.25, 0.3) is 0 Å². The molecule has 0 heterocycles. The van der Waals surface area contributed by atoms with Gasteiger partial charge >= 0.3 is 11.4 Å². The lowest BCUT2D eigenvalue weighted by Crippen LogP contribution is -2.04. The Hall–Kier alpha value is -4.62. The summed E-state index contributed by atoms with van der Waals surface area (Å²) in [5.74, 6) is -12.6. The largest absolute Gasteiger partial charge is 0.490 e. The van der Waals surface area contributed by atoms with Crippen molar-refractivity contribution in [3.63, 3.8) is 0 Å². The molecule has 0 radical (unpaired) electrons. The van der Waals surface area contributed by atoms with Crippen LogP contribution < -0.4 is 18.9 Å². The average molecular weight is 484 g/mol. The fourth-order valence-electron chi connectivity index (χ4n) is 2.76. The second kappa shape index (κ2) is 9.48. The van der Waals surface area contributed by atoms with Crippen LogP contribution in [0, 0.1) is 43.5 Å². The lowest BCUT2D eigenvalue weighted by molar-refractivity contribution is -0.385. The van der Waals surface area contributed by atoms with E-state index < -0.39 is 67.5 Å². The summed E-state index contributed by atoms with van der Waals surface area (Å²) in [5, 5.41) is 22.2. The molecule has 0 aliphatic heterocycles. The zero-order valence-corrected chi connectivity index (χ0v) is 17.1. The van der Waals surface area contributed by atoms with Gasteiger partial charge in [0.2, 0.25) is 34.8 Å². The Morgan fingerprint density at radius 2 is 0.971 bits per heavy atom. The first-order valence-electron chi connectivity index (χ1n) is 8.95. The number of hydrogen-bond donors (Lipinski definition) is 0. The number of nitro groups is 2. The fraction of sp³-hybridized carbons (Fsp3) is 0.100. The minimum atomic E-state index is -2.02. The zero-order chi connectivity index (χ0) is 25.2. The molecule has 0 aliphatic carbocycles. The standard InChI is InChI=1S/C20H12F4N2O8/c1-31-13-5-3-9(7-11(13)25(27)28)33-19-15(21)17(23)20(18(24)16(19)22)34-10-4-6-14(32-2)12(8-10)26(29)30/h3-8H,1-2H3. The van der Waals surface area contributed by atoms with E-state index >= 15 is 0 Å². The molecule has 0 fully saturated rings. The van der Waals surface area contributed by atoms with Crippen LogP contribution in [0.1, 0.15) is 0 Å². The smallest absolute Gasteiger partial charge is 0.314 e. The molecule has 34 heavy (non-hydrogen) atoms. The van der Waals surface area contributed by atoms with Gasteiger partial charge in [-0.3, -0.25) is 20.2 Å². The van der Waals surface area contributed by atoms with Gasteiger partial charge < -0.3 is 18.9 Å². The predicted molar refractivity (Wildman–Crippen MR) is 106 cm³/mol. The minimum absolute atomic E-state index is 0.201. The first-order chi connectivity index (χ1) is 16.1. The van der Waals surface area contributed by atoms with E-state index in [1.54, 1.807) is 0 Å². The number of rotatable bonds is 8. The maximum Gasteiger partial charge on any atom is 0.314 e. The summed E-state index contributed by atoms with van der Waals surface area (Å²) >= 11 is 0. The molecule has 0 saturated heterocycles. The number of benzene rings is 3. The van der Waals surface area contributed by atoms with Crippen LogP contribution in [0.5, 0.6) is 34.5 Å². The van der Waals surface area contributed by atoms with E-state index in [0.29, 0.717) is 0 Å². The highest BCUT2D eigenvalue weighted by molar-refractivity contribution is 5.54. The maximum atomic E-state index is 14.5. The van der Waals surface area contributed by atoms with Gasteiger partial charge in [0.15, 0.2) is 11.5 Å². The van der Waals surface area contributed by atoms with E-state index in [1.807, 2.05) is 0 Å². The van der Waals surface area contributed by atoms with Crippen LogP contribution in [0.3, 0.4) is 0 Å². The second-order valence-electron chi connectivity index (χ2n) is 6.30. The van der Waals surface area contributed by atoms with E-state index in [4.69, 9.17) is 18.9 Å². The molecule has 0 aromatic heterocycles. The lowest BCUT2D eigenvalue weighted by atomic mass is 10.2. The van der Waals surface area contributed by atoms with Gasteiger partial charge in [-0.2, -0.15) is 17.6 Å². The van der Waals surface area contributed by atoms with Crippen molar-refractivity contribution in [2.75, 3.05) is 14.2 Å². The van der Waals surface area contributed by atoms with Crippen molar-refractivity contribution < 1.29 is 46.4 Å². The quantitative estimate of drug-likeness (QED) is 0.174. The summed E-state index contributed by atoms with van der Waals surface area (Å²) in [4.78, 5) is 20.4. The van der Waals surface area contributed by atoms with Crippen molar-refractivity contribution in [1.29, 1.82) is 0 Å². The normalized spacial score (nSPS) is 10.5. The number of ether oxygens (including phenoxy) is 4. The highest BCUT2D eigenvalue weighted by atomic mass is 19.2. The molecule has 0 unspecified atom stereocenters. The van der Waals surface area contributed by atoms with E-state index in [9.17, 15) is 37.8 Å². The number of nitro benzene ring substituents is 2. The first-order valence-corrected chi connectivity index (χ1v) is 8.95. The van der Waals surface area contributed by atoms with E-state index in [2.05, 4.69) is 0 Å². The van der Waals surface area contributed by atoms with Crippen molar-refractivity contribution in [2.45, 2.75) is 0 Å². The average Bonchev–Trinajstić information content (AvgIpc) is 2.82. The molecule has 178 valence electrons. The number of nitrogens with zero attached hydrogens (tertiary/aromatic N) is 2. The summed E-state index contributed by atoms with van der Waals surface area (Å²) in [6.45, 7) is 0. The molecule has 14 heteroatoms. The van der Waals surface area contributed by atoms with Crippen LogP contribution in [0.2, 0.25) is 0 Å². The Labute approximate surface area is 187 Å². The van der Waals surface area contributed by atoms with E-state index in [1.165, 1.54) is 0 Å². The summed E-state index contributed by atoms with van der Waals surface area (Å²) in [6.07, 6.45) is 0. The van der Waals surface area contributed by atoms with Crippen molar-refractivity contribution in [2.24, 2.45) is 0 Å². The predicted octanol–water partition coefficient (Wildman–Crippen LogP) is 5.66. The Balaban J connectivity index is 2.01. The van der Waals surface area contributed by atoms with Crippen LogP contribution in [0.15, 0.2) is 36.4 Å². The number of methoxy groups -OCH3 is 2. The molecular weight excluding hydrogens is 472 g/mol. The summed E-state index contributed by atoms with van der Waals surface area (Å²) in [7, 11) is 2.28. The van der Waals surface area contributed by atoms with Gasteiger partial charge in [0.05, 0.1) is 36.2 Å². The highest BCUT2D eigenvalue weighted by Crippen LogP contribution is 2.41. The van der Waals surface area contributed by atoms with Gasteiger partial charge in [-0.1, -0.05) is 0 Å². The number of halogens is 4. The van der Waals surface area contributed by atoms with Crippen LogP contribution in [0.25, 0.3) is 0 Å². The topological polar surface area (TPSA) is 123 Å². The third-order valence-electron chi connectivity index (χ3n) is 4.32. The molecule has 3 aromatic rings. The monoisotopic (exact) mass is 484 g/mol. The molecule has 3 aromatic carbocycles. The molecule has 0 aliphatic rings. The van der Waals surface area contributed by atoms with Crippen LogP contribution in [0.4, 0.5) is 28.9 Å². The third-order valence-corrected chi connectivity index (χ3v) is 4.32.